The Morgan fingerprint density at radius 3 is 2.44 bits per heavy atom. The van der Waals surface area contributed by atoms with E-state index in [1.807, 2.05) is 18.2 Å². The van der Waals surface area contributed by atoms with Crippen molar-refractivity contribution in [2.45, 2.75) is 101 Å². The van der Waals surface area contributed by atoms with Crippen molar-refractivity contribution >= 4 is 45.9 Å². The van der Waals surface area contributed by atoms with E-state index in [-0.39, 0.29) is 25.0 Å². The number of anilines is 4. The number of benzene rings is 3. The monoisotopic (exact) mass is 522 g/mol. The number of halogens is 2. The first-order valence-corrected chi connectivity index (χ1v) is 14.9. The molecule has 3 aromatic rings. The van der Waals surface area contributed by atoms with Crippen LogP contribution in [0.15, 0.2) is 48.5 Å². The quantitative estimate of drug-likeness (QED) is 0.235. The van der Waals surface area contributed by atoms with Gasteiger partial charge in [0.2, 0.25) is 5.79 Å². The number of fused-ring (bicyclic) bond motifs is 10. The maximum absolute atomic E-state index is 17.7. The van der Waals surface area contributed by atoms with E-state index >= 15 is 8.78 Å². The van der Waals surface area contributed by atoms with Gasteiger partial charge in [0.15, 0.2) is 5.67 Å². The van der Waals surface area contributed by atoms with E-state index in [1.165, 1.54) is 0 Å². The Hall–Kier alpha value is -2.82. The third kappa shape index (κ3) is 2.51. The number of alkyl halides is 2. The number of para-hydroxylation sites is 2. The zero-order valence-corrected chi connectivity index (χ0v) is 23.0. The molecule has 4 unspecified atom stereocenters. The van der Waals surface area contributed by atoms with E-state index < -0.39 is 23.4 Å². The lowest BCUT2D eigenvalue weighted by Crippen LogP contribution is -2.64. The van der Waals surface area contributed by atoms with Gasteiger partial charge in [0.1, 0.15) is 0 Å². The molecule has 39 heavy (non-hydrogen) atoms. The van der Waals surface area contributed by atoms with Crippen molar-refractivity contribution in [3.63, 3.8) is 0 Å². The molecular formula is C34H35BF2N2. The van der Waals surface area contributed by atoms with Crippen LogP contribution in [-0.2, 0) is 11.1 Å². The summed E-state index contributed by atoms with van der Waals surface area (Å²) in [6, 6.07) is 15.2. The standard InChI is InChI=1S/C34H35BF2N2/c1-32(2,3)20-18-27-29-28(19-20)39-31-23(33(36)16-6-7-17-34(33,39)37)12-9-14-25(31)35(29)24-13-8-11-22-21-10-4-5-15-26(21)38(27)30(22)24/h8-9,11-14,18-19,21,26H,4-7,10,15-17H2,1-3H3/i21D,26D. The van der Waals surface area contributed by atoms with Crippen LogP contribution in [0.1, 0.15) is 97.5 Å². The highest BCUT2D eigenvalue weighted by Crippen LogP contribution is 2.64. The second-order valence-corrected chi connectivity index (χ2v) is 13.7. The maximum Gasteiger partial charge on any atom is 0.252 e. The van der Waals surface area contributed by atoms with Crippen molar-refractivity contribution in [2.75, 3.05) is 9.80 Å². The lowest BCUT2D eigenvalue weighted by atomic mass is 9.33. The van der Waals surface area contributed by atoms with Gasteiger partial charge in [-0.05, 0) is 77.2 Å². The Labute approximate surface area is 233 Å². The lowest BCUT2D eigenvalue weighted by molar-refractivity contribution is -0.0615. The summed E-state index contributed by atoms with van der Waals surface area (Å²) in [4.78, 5) is 3.91. The van der Waals surface area contributed by atoms with Gasteiger partial charge in [0.05, 0.1) is 1.37 Å². The van der Waals surface area contributed by atoms with E-state index in [4.69, 9.17) is 0 Å². The molecule has 9 rings (SSSR count). The second kappa shape index (κ2) is 7.08. The molecule has 4 atom stereocenters. The molecule has 0 N–H and O–H groups in total. The largest absolute Gasteiger partial charge is 0.338 e. The zero-order valence-electron chi connectivity index (χ0n) is 25.0. The summed E-state index contributed by atoms with van der Waals surface area (Å²) in [5.74, 6) is -3.20. The van der Waals surface area contributed by atoms with E-state index in [0.29, 0.717) is 36.9 Å². The average molecular weight is 522 g/mol. The van der Waals surface area contributed by atoms with Gasteiger partial charge >= 0.3 is 0 Å². The van der Waals surface area contributed by atoms with Crippen LogP contribution >= 0.6 is 0 Å². The summed E-state index contributed by atoms with van der Waals surface area (Å²) < 4.78 is 54.8. The molecular weight excluding hydrogens is 485 g/mol. The van der Waals surface area contributed by atoms with Gasteiger partial charge in [0.25, 0.3) is 6.71 Å². The van der Waals surface area contributed by atoms with Crippen LogP contribution in [0, 0.1) is 0 Å². The molecule has 4 heterocycles. The van der Waals surface area contributed by atoms with Gasteiger partial charge in [0, 0.05) is 48.0 Å². The first-order valence-electron chi connectivity index (χ1n) is 15.9. The molecule has 0 bridgehead atoms. The molecule has 3 aromatic carbocycles. The summed E-state index contributed by atoms with van der Waals surface area (Å²) >= 11 is 0. The van der Waals surface area contributed by atoms with Gasteiger partial charge < -0.3 is 9.80 Å². The third-order valence-corrected chi connectivity index (χ3v) is 10.7. The highest BCUT2D eigenvalue weighted by Gasteiger charge is 2.68. The van der Waals surface area contributed by atoms with E-state index in [9.17, 15) is 2.74 Å². The van der Waals surface area contributed by atoms with E-state index in [1.54, 1.807) is 4.90 Å². The fraction of sp³-hybridized carbons (Fsp3) is 0.471. The smallest absolute Gasteiger partial charge is 0.252 e. The second-order valence-electron chi connectivity index (χ2n) is 13.7. The molecule has 2 fully saturated rings. The van der Waals surface area contributed by atoms with Gasteiger partial charge in [-0.1, -0.05) is 70.0 Å². The van der Waals surface area contributed by atoms with Crippen LogP contribution in [-0.4, -0.2) is 18.5 Å². The Kier molecular flexibility index (Phi) is 3.81. The summed E-state index contributed by atoms with van der Waals surface area (Å²) in [5, 5.41) is 0. The molecule has 6 aliphatic rings. The van der Waals surface area contributed by atoms with Gasteiger partial charge in [-0.25, -0.2) is 8.78 Å². The van der Waals surface area contributed by atoms with Crippen LogP contribution in [0.3, 0.4) is 0 Å². The number of rotatable bonds is 0. The van der Waals surface area contributed by atoms with Crippen LogP contribution < -0.4 is 26.2 Å². The van der Waals surface area contributed by atoms with Gasteiger partial charge in [-0.2, -0.15) is 0 Å². The zero-order chi connectivity index (χ0) is 28.3. The molecule has 0 spiro atoms. The van der Waals surface area contributed by atoms with Gasteiger partial charge in [-0.3, -0.25) is 0 Å². The summed E-state index contributed by atoms with van der Waals surface area (Å²) in [6.45, 7) is 6.28. The SMILES string of the molecule is [2H]C12CCCCC1([2H])N1c3cc(C(C)(C)C)cc4c3B(c3cccc2c31)c1cccc2c1N4C1(F)CCCCC21F. The minimum Gasteiger partial charge on any atom is -0.338 e. The molecule has 0 radical (unpaired) electrons. The fourth-order valence-electron chi connectivity index (χ4n) is 8.91. The molecule has 0 amide bonds. The minimum absolute atomic E-state index is 0.152. The fourth-order valence-corrected chi connectivity index (χ4v) is 8.91. The summed E-state index contributed by atoms with van der Waals surface area (Å²) in [6.07, 6.45) is 4.78. The predicted octanol–water partition coefficient (Wildman–Crippen LogP) is 6.86. The van der Waals surface area contributed by atoms with Crippen LogP contribution in [0.2, 0.25) is 0 Å². The molecule has 2 nitrogen and oxygen atoms in total. The van der Waals surface area contributed by atoms with E-state index in [2.05, 4.69) is 56.0 Å². The molecule has 0 aromatic heterocycles. The lowest BCUT2D eigenvalue weighted by Gasteiger charge is -2.48. The van der Waals surface area contributed by atoms with Crippen molar-refractivity contribution in [3.8, 4) is 0 Å². The van der Waals surface area contributed by atoms with Crippen LogP contribution in [0.25, 0.3) is 0 Å². The third-order valence-electron chi connectivity index (χ3n) is 10.7. The Morgan fingerprint density at radius 1 is 0.897 bits per heavy atom. The highest BCUT2D eigenvalue weighted by atomic mass is 19.2. The van der Waals surface area contributed by atoms with Crippen molar-refractivity contribution in [1.82, 2.24) is 0 Å². The molecule has 2 saturated carbocycles. The van der Waals surface area contributed by atoms with E-state index in [0.717, 1.165) is 57.4 Å². The normalized spacial score (nSPS) is 35.5. The predicted molar refractivity (Wildman–Crippen MR) is 157 cm³/mol. The molecule has 2 aliphatic carbocycles. The van der Waals surface area contributed by atoms with Crippen molar-refractivity contribution in [1.29, 1.82) is 0 Å². The molecule has 4 aliphatic heterocycles. The maximum atomic E-state index is 17.7. The summed E-state index contributed by atoms with van der Waals surface area (Å²) in [7, 11) is 0. The molecule has 5 heteroatoms. The average Bonchev–Trinajstić information content (AvgIpc) is 3.29. The van der Waals surface area contributed by atoms with Crippen LogP contribution in [0.4, 0.5) is 31.5 Å². The minimum atomic E-state index is -2.16. The number of nitrogens with zero attached hydrogens (tertiary/aromatic N) is 2. The molecule has 0 saturated heterocycles. The number of hydrogen-bond donors (Lipinski definition) is 0. The van der Waals surface area contributed by atoms with Crippen molar-refractivity contribution in [2.24, 2.45) is 0 Å². The Morgan fingerprint density at radius 2 is 1.62 bits per heavy atom. The highest BCUT2D eigenvalue weighted by molar-refractivity contribution is 7.00. The first-order chi connectivity index (χ1) is 19.5. The topological polar surface area (TPSA) is 6.48 Å². The number of hydrogen-bond acceptors (Lipinski definition) is 2. The van der Waals surface area contributed by atoms with Crippen molar-refractivity contribution in [3.05, 3.63) is 65.2 Å². The first kappa shape index (κ1) is 21.0. The summed E-state index contributed by atoms with van der Waals surface area (Å²) in [5.41, 5.74) is 6.50. The van der Waals surface area contributed by atoms with Crippen molar-refractivity contribution < 1.29 is 11.5 Å². The Balaban J connectivity index is 1.45. The molecule has 198 valence electrons. The van der Waals surface area contributed by atoms with Crippen LogP contribution in [0.5, 0.6) is 0 Å². The van der Waals surface area contributed by atoms with Gasteiger partial charge in [-0.15, -0.1) is 0 Å². The Bertz CT molecular complexity index is 1590.